The Balaban J connectivity index is 0. The molecule has 1 saturated carbocycles. The van der Waals surface area contributed by atoms with Gasteiger partial charge in [-0.15, -0.1) is 0 Å². The maximum Gasteiger partial charge on any atom is 0.329 e. The van der Waals surface area contributed by atoms with Crippen molar-refractivity contribution in [3.63, 3.8) is 0 Å². The number of Topliss-reactive ketones (excluding diaryl/α,β-unsaturated/α-hetero) is 2. The third-order valence-electron chi connectivity index (χ3n) is 18.1. The molecule has 3 heterocycles. The van der Waals surface area contributed by atoms with Gasteiger partial charge in [-0.1, -0.05) is 105 Å². The van der Waals surface area contributed by atoms with Gasteiger partial charge < -0.3 is 84.3 Å². The summed E-state index contributed by atoms with van der Waals surface area (Å²) < 4.78 is 49.7. The molecule has 0 spiro atoms. The van der Waals surface area contributed by atoms with Crippen molar-refractivity contribution < 1.29 is 72.0 Å². The van der Waals surface area contributed by atoms with E-state index in [0.29, 0.717) is 63.4 Å². The molecule has 4 rings (SSSR count). The Morgan fingerprint density at radius 2 is 1.41 bits per heavy atom. The number of rotatable bonds is 22. The lowest BCUT2D eigenvalue weighted by Gasteiger charge is -2.42. The minimum Gasteiger partial charge on any atom is -0.460 e. The highest BCUT2D eigenvalue weighted by Crippen LogP contribution is 2.38. The molecule has 3 aliphatic heterocycles. The summed E-state index contributed by atoms with van der Waals surface area (Å²) >= 11 is 0. The van der Waals surface area contributed by atoms with Crippen LogP contribution < -0.4 is 26.6 Å². The van der Waals surface area contributed by atoms with Crippen molar-refractivity contribution >= 4 is 23.4 Å². The number of cyclic esters (lactones) is 1. The van der Waals surface area contributed by atoms with Gasteiger partial charge in [-0.2, -0.15) is 0 Å². The Labute approximate surface area is 583 Å². The van der Waals surface area contributed by atoms with Crippen LogP contribution in [0.1, 0.15) is 167 Å². The van der Waals surface area contributed by atoms with Gasteiger partial charge in [0.15, 0.2) is 0 Å². The number of piperidine rings is 1. The summed E-state index contributed by atoms with van der Waals surface area (Å²) in [5.74, 6) is -6.46. The number of nitrogens with zero attached hydrogens (tertiary/aromatic N) is 1. The molecule has 4 unspecified atom stereocenters. The molecule has 7 N–H and O–H groups in total. The van der Waals surface area contributed by atoms with E-state index in [1.165, 1.54) is 11.3 Å². The maximum atomic E-state index is 14.5. The van der Waals surface area contributed by atoms with Crippen molar-refractivity contribution in [2.45, 2.75) is 227 Å². The molecule has 96 heavy (non-hydrogen) atoms. The molecule has 562 valence electrons. The number of hydrogen-bond donors (Lipinski definition) is 7. The number of nitrogens with one attached hydrogen (secondary N) is 5. The summed E-state index contributed by atoms with van der Waals surface area (Å²) in [7, 11) is 17.6. The van der Waals surface area contributed by atoms with Crippen molar-refractivity contribution in [2.75, 3.05) is 137 Å². The number of hydrogen-bond acceptors (Lipinski definition) is 20. The first-order chi connectivity index (χ1) is 45.8. The van der Waals surface area contributed by atoms with E-state index in [1.807, 2.05) is 87.1 Å². The molecule has 16 atom stereocenters. The van der Waals surface area contributed by atoms with Crippen LogP contribution >= 0.6 is 0 Å². The summed E-state index contributed by atoms with van der Waals surface area (Å²) in [4.78, 5) is 58.5. The zero-order chi connectivity index (χ0) is 73.2. The summed E-state index contributed by atoms with van der Waals surface area (Å²) in [6.45, 7) is 35.8. The van der Waals surface area contributed by atoms with Crippen LogP contribution in [0.15, 0.2) is 59.8 Å². The SMILES string of the molecule is C=C1[C@H](C)C[C@H](C)/C=C/C=C/C=C(\C)[C@@H](OC)CC2CC[C@@H](C)[C@@](O)(O2)C(=O)C(=O)N2CCCCC2C(=O)O[C@H]([C@H](C)C[C@@H]2CCC(NCC)[C@H](OC)C2)CC(=O)[C@H](C)/C=C(\C)[C@@H](O)[C@H]1OC.CC.CCCNC.CNCC(C)OC.CNCCOC.CNCCOCCOC. The Morgan fingerprint density at radius 3 is 1.95 bits per heavy atom. The molecule has 0 aromatic carbocycles. The number of carbonyl (C=O) groups is 4. The van der Waals surface area contributed by atoms with Crippen LogP contribution in [0.2, 0.25) is 0 Å². The first-order valence-electron chi connectivity index (χ1n) is 35.9. The van der Waals surface area contributed by atoms with E-state index in [9.17, 15) is 29.4 Å². The Hall–Kier alpha value is -3.62. The largest absolute Gasteiger partial charge is 0.460 e. The average molecular weight is 1370 g/mol. The number of methoxy groups -OCH3 is 6. The van der Waals surface area contributed by atoms with Gasteiger partial charge in [0.25, 0.3) is 11.7 Å². The minimum atomic E-state index is -2.40. The zero-order valence-electron chi connectivity index (χ0n) is 64.2. The van der Waals surface area contributed by atoms with Crippen LogP contribution in [0.3, 0.4) is 0 Å². The number of esters is 1. The quantitative estimate of drug-likeness (QED) is 0.0231. The fourth-order valence-electron chi connectivity index (χ4n) is 12.0. The van der Waals surface area contributed by atoms with Gasteiger partial charge in [-0.3, -0.25) is 14.4 Å². The van der Waals surface area contributed by atoms with Crippen LogP contribution in [0.25, 0.3) is 0 Å². The first kappa shape index (κ1) is 94.4. The van der Waals surface area contributed by atoms with Gasteiger partial charge >= 0.3 is 5.97 Å². The topological polar surface area (TPSA) is 255 Å². The van der Waals surface area contributed by atoms with Crippen LogP contribution in [0.4, 0.5) is 0 Å². The fraction of sp³-hybridized carbons (Fsp3) is 0.813. The maximum absolute atomic E-state index is 14.5. The smallest absolute Gasteiger partial charge is 0.329 e. The molecule has 1 aliphatic carbocycles. The zero-order valence-corrected chi connectivity index (χ0v) is 64.2. The third-order valence-corrected chi connectivity index (χ3v) is 18.1. The lowest BCUT2D eigenvalue weighted by Crippen LogP contribution is -2.61. The number of ether oxygens (including phenoxy) is 9. The van der Waals surface area contributed by atoms with Gasteiger partial charge in [0.05, 0.1) is 50.8 Å². The standard InChI is InChI=1S/C54H86N2O11.C6H15NO2.C5H13NO.C4H11NO.C4H11N.C2H6/c1-13-55-43-25-23-41(30-48(43)64-11)29-37(6)47-32-45(57)36(5)28-38(7)49(58)50(65-12)40(9)35(4)27-33(2)19-15-14-16-20-34(3)46(63-10)31-42-24-22-39(8)54(62,67-42)51(59)52(60)56-26-18-17-21-44(56)53(61)66-47;1-7-3-4-9-6-5-8-2;1-5(7-3)4-6-2;1-5-3-4-6-2;1-3-4-5-2;1-2/h14-16,19-20,28,33,35-37,39,41-44,46-50,55,58,62H,9,13,17-18,21-27,29-32H2,1-8,10-12H3;7H,3-6H2,1-2H3;5-6H,4H2,1-3H3;5H,3-4H2,1-2H3;5H,3-4H2,1-2H3;1-2H3/b16-14+,19-15+,34-20+,38-28+;;;;;/t33-,35-,36-,37-,39-,41+,42?,43?,44?,46+,47+,48-,49-,50+,54-;;;;;/m1...../s1. The van der Waals surface area contributed by atoms with E-state index in [-0.39, 0.29) is 67.1 Å². The van der Waals surface area contributed by atoms with Crippen LogP contribution in [0.5, 0.6) is 0 Å². The summed E-state index contributed by atoms with van der Waals surface area (Å²) in [5.41, 5.74) is 2.25. The van der Waals surface area contributed by atoms with Crippen molar-refractivity contribution in [2.24, 2.45) is 35.5 Å². The van der Waals surface area contributed by atoms with Crippen molar-refractivity contribution in [3.05, 3.63) is 59.8 Å². The fourth-order valence-corrected chi connectivity index (χ4v) is 12.0. The Bertz CT molecular complexity index is 2160. The van der Waals surface area contributed by atoms with E-state index in [0.717, 1.165) is 82.8 Å². The summed E-state index contributed by atoms with van der Waals surface area (Å²) in [6.07, 6.45) is 16.6. The molecular weight excluding hydrogens is 1220 g/mol. The highest BCUT2D eigenvalue weighted by molar-refractivity contribution is 6.39. The molecule has 0 radical (unpaired) electrons. The average Bonchev–Trinajstić information content (AvgIpc) is 0.779. The monoisotopic (exact) mass is 1370 g/mol. The van der Waals surface area contributed by atoms with E-state index >= 15 is 0 Å². The number of amides is 1. The third kappa shape index (κ3) is 37.2. The molecule has 2 bridgehead atoms. The molecule has 1 amide bonds. The van der Waals surface area contributed by atoms with E-state index in [1.54, 1.807) is 69.5 Å². The van der Waals surface area contributed by atoms with Gasteiger partial charge in [-0.25, -0.2) is 4.79 Å². The number of carbonyl (C=O) groups excluding carboxylic acids is 4. The van der Waals surface area contributed by atoms with Gasteiger partial charge in [0.2, 0.25) is 5.79 Å². The molecule has 21 heteroatoms. The first-order valence-corrected chi connectivity index (χ1v) is 35.9. The van der Waals surface area contributed by atoms with Crippen LogP contribution in [-0.4, -0.2) is 236 Å². The number of likely N-dealkylation sites (N-methyl/N-ethyl adjacent to an activating group) is 4. The van der Waals surface area contributed by atoms with Crippen molar-refractivity contribution in [1.82, 2.24) is 31.5 Å². The van der Waals surface area contributed by atoms with Gasteiger partial charge in [0, 0.05) is 99.6 Å². The number of aliphatic hydroxyl groups is 2. The van der Waals surface area contributed by atoms with Crippen LogP contribution in [-0.2, 0) is 61.8 Å². The highest BCUT2D eigenvalue weighted by Gasteiger charge is 2.53. The highest BCUT2D eigenvalue weighted by atomic mass is 16.6. The minimum absolute atomic E-state index is 0.0121. The molecule has 0 aromatic heterocycles. The lowest BCUT2D eigenvalue weighted by molar-refractivity contribution is -0.265. The van der Waals surface area contributed by atoms with Gasteiger partial charge in [0.1, 0.15) is 30.1 Å². The number of fused-ring (bicyclic) bond motifs is 3. The normalized spacial score (nSPS) is 30.6. The molecular formula is C75H142N6O15. The predicted molar refractivity (Wildman–Crippen MR) is 389 cm³/mol. The van der Waals surface area contributed by atoms with E-state index < -0.39 is 65.7 Å². The molecule has 4 aliphatic rings. The Kier molecular flexibility index (Phi) is 56.1. The molecule has 2 saturated heterocycles. The molecule has 21 nitrogen and oxygen atoms in total. The lowest BCUT2D eigenvalue weighted by atomic mass is 9.77. The number of ketones is 2. The number of aliphatic hydroxyl groups excluding tert-OH is 1. The second-order valence-corrected chi connectivity index (χ2v) is 25.9. The van der Waals surface area contributed by atoms with Crippen LogP contribution in [0, 0.1) is 35.5 Å². The van der Waals surface area contributed by atoms with Gasteiger partial charge in [-0.05, 0) is 173 Å². The second-order valence-electron chi connectivity index (χ2n) is 25.9. The summed E-state index contributed by atoms with van der Waals surface area (Å²) in [5, 5.41) is 39.1. The van der Waals surface area contributed by atoms with Crippen molar-refractivity contribution in [3.8, 4) is 0 Å². The Morgan fingerprint density at radius 1 is 0.750 bits per heavy atom. The predicted octanol–water partition coefficient (Wildman–Crippen LogP) is 9.39. The second kappa shape index (κ2) is 57.1. The number of allylic oxidation sites excluding steroid dienone is 6. The van der Waals surface area contributed by atoms with Crippen molar-refractivity contribution in [1.29, 1.82) is 0 Å². The molecule has 3 fully saturated rings. The summed E-state index contributed by atoms with van der Waals surface area (Å²) in [6, 6.07) is -0.846. The van der Waals surface area contributed by atoms with E-state index in [2.05, 4.69) is 66.9 Å². The van der Waals surface area contributed by atoms with E-state index in [4.69, 9.17) is 42.6 Å². The molecule has 0 aromatic rings.